The van der Waals surface area contributed by atoms with Gasteiger partial charge in [-0.05, 0) is 43.6 Å². The number of carboxylic acids is 1. The standard InChI is InChI=1S/C15H22N2O3S/c18-14(19)7-6-12-4-1-2-10-17(12)15(20)16-9-8-13-5-3-11-21-13/h3,5,11-12H,1-2,4,6-10H2,(H,16,20)(H,18,19). The van der Waals surface area contributed by atoms with Crippen molar-refractivity contribution in [2.75, 3.05) is 13.1 Å². The number of hydrogen-bond donors (Lipinski definition) is 2. The van der Waals surface area contributed by atoms with Crippen LogP contribution in [-0.4, -0.2) is 41.1 Å². The van der Waals surface area contributed by atoms with E-state index in [1.165, 1.54) is 4.88 Å². The smallest absolute Gasteiger partial charge is 0.317 e. The van der Waals surface area contributed by atoms with Gasteiger partial charge in [0.05, 0.1) is 0 Å². The summed E-state index contributed by atoms with van der Waals surface area (Å²) >= 11 is 1.69. The Morgan fingerprint density at radius 3 is 3.00 bits per heavy atom. The zero-order valence-electron chi connectivity index (χ0n) is 12.1. The van der Waals surface area contributed by atoms with E-state index in [0.717, 1.165) is 32.2 Å². The van der Waals surface area contributed by atoms with E-state index in [0.29, 0.717) is 13.0 Å². The van der Waals surface area contributed by atoms with Crippen LogP contribution in [0.2, 0.25) is 0 Å². The number of nitrogens with zero attached hydrogens (tertiary/aromatic N) is 1. The van der Waals surface area contributed by atoms with Crippen molar-refractivity contribution in [2.24, 2.45) is 0 Å². The van der Waals surface area contributed by atoms with Gasteiger partial charge in [0.15, 0.2) is 0 Å². The SMILES string of the molecule is O=C(O)CCC1CCCCN1C(=O)NCCc1cccs1. The highest BCUT2D eigenvalue weighted by atomic mass is 32.1. The van der Waals surface area contributed by atoms with Crippen molar-refractivity contribution in [3.63, 3.8) is 0 Å². The molecule has 5 nitrogen and oxygen atoms in total. The lowest BCUT2D eigenvalue weighted by Crippen LogP contribution is -2.49. The fraction of sp³-hybridized carbons (Fsp3) is 0.600. The molecule has 2 N–H and O–H groups in total. The molecule has 0 saturated carbocycles. The molecular weight excluding hydrogens is 288 g/mol. The van der Waals surface area contributed by atoms with Crippen LogP contribution in [0.5, 0.6) is 0 Å². The molecule has 1 aromatic rings. The molecule has 2 heterocycles. The molecule has 1 aromatic heterocycles. The van der Waals surface area contributed by atoms with E-state index in [9.17, 15) is 9.59 Å². The number of carboxylic acid groups (broad SMARTS) is 1. The molecule has 0 spiro atoms. The molecule has 6 heteroatoms. The summed E-state index contributed by atoms with van der Waals surface area (Å²) in [6, 6.07) is 4.08. The summed E-state index contributed by atoms with van der Waals surface area (Å²) in [5.74, 6) is -0.793. The zero-order chi connectivity index (χ0) is 15.1. The van der Waals surface area contributed by atoms with Gasteiger partial charge < -0.3 is 15.3 Å². The summed E-state index contributed by atoms with van der Waals surface area (Å²) in [5, 5.41) is 13.8. The van der Waals surface area contributed by atoms with Gasteiger partial charge in [0.1, 0.15) is 0 Å². The Labute approximate surface area is 129 Å². The Morgan fingerprint density at radius 2 is 2.29 bits per heavy atom. The zero-order valence-corrected chi connectivity index (χ0v) is 12.9. The Morgan fingerprint density at radius 1 is 1.43 bits per heavy atom. The van der Waals surface area contributed by atoms with Crippen molar-refractivity contribution < 1.29 is 14.7 Å². The van der Waals surface area contributed by atoms with Crippen LogP contribution in [-0.2, 0) is 11.2 Å². The van der Waals surface area contributed by atoms with Gasteiger partial charge in [-0.3, -0.25) is 4.79 Å². The van der Waals surface area contributed by atoms with E-state index in [1.807, 2.05) is 16.3 Å². The van der Waals surface area contributed by atoms with Crippen LogP contribution < -0.4 is 5.32 Å². The normalized spacial score (nSPS) is 18.5. The topological polar surface area (TPSA) is 69.6 Å². The molecule has 0 aromatic carbocycles. The van der Waals surface area contributed by atoms with Crippen molar-refractivity contribution >= 4 is 23.3 Å². The summed E-state index contributed by atoms with van der Waals surface area (Å²) in [4.78, 5) is 26.0. The molecule has 1 aliphatic rings. The molecule has 1 unspecified atom stereocenters. The maximum absolute atomic E-state index is 12.3. The number of rotatable bonds is 6. The van der Waals surface area contributed by atoms with Gasteiger partial charge in [0.25, 0.3) is 0 Å². The molecule has 116 valence electrons. The monoisotopic (exact) mass is 310 g/mol. The van der Waals surface area contributed by atoms with Gasteiger partial charge in [0.2, 0.25) is 0 Å². The Kier molecular flexibility index (Phi) is 6.04. The second-order valence-corrected chi connectivity index (χ2v) is 6.37. The largest absolute Gasteiger partial charge is 0.481 e. The van der Waals surface area contributed by atoms with Gasteiger partial charge in [-0.25, -0.2) is 4.79 Å². The highest BCUT2D eigenvalue weighted by molar-refractivity contribution is 7.09. The van der Waals surface area contributed by atoms with Crippen LogP contribution in [0.15, 0.2) is 17.5 Å². The minimum atomic E-state index is -0.793. The summed E-state index contributed by atoms with van der Waals surface area (Å²) < 4.78 is 0. The fourth-order valence-electron chi connectivity index (χ4n) is 2.71. The van der Waals surface area contributed by atoms with E-state index in [2.05, 4.69) is 11.4 Å². The number of amides is 2. The summed E-state index contributed by atoms with van der Waals surface area (Å²) in [6.07, 6.45) is 4.51. The lowest BCUT2D eigenvalue weighted by atomic mass is 9.98. The fourth-order valence-corrected chi connectivity index (χ4v) is 3.42. The quantitative estimate of drug-likeness (QED) is 0.849. The van der Waals surface area contributed by atoms with Gasteiger partial charge in [-0.15, -0.1) is 11.3 Å². The molecule has 0 radical (unpaired) electrons. The summed E-state index contributed by atoms with van der Waals surface area (Å²) in [6.45, 7) is 1.36. The molecule has 1 fully saturated rings. The van der Waals surface area contributed by atoms with Crippen molar-refractivity contribution in [3.8, 4) is 0 Å². The van der Waals surface area contributed by atoms with E-state index in [1.54, 1.807) is 11.3 Å². The third kappa shape index (κ3) is 5.04. The number of nitrogens with one attached hydrogen (secondary N) is 1. The lowest BCUT2D eigenvalue weighted by Gasteiger charge is -2.35. The van der Waals surface area contributed by atoms with Crippen LogP contribution in [0.25, 0.3) is 0 Å². The molecule has 0 bridgehead atoms. The van der Waals surface area contributed by atoms with Gasteiger partial charge >= 0.3 is 12.0 Å². The predicted molar refractivity (Wildman–Crippen MR) is 82.6 cm³/mol. The first-order valence-electron chi connectivity index (χ1n) is 7.45. The highest BCUT2D eigenvalue weighted by Crippen LogP contribution is 2.21. The van der Waals surface area contributed by atoms with E-state index in [4.69, 9.17) is 5.11 Å². The number of urea groups is 1. The van der Waals surface area contributed by atoms with Crippen LogP contribution in [0.3, 0.4) is 0 Å². The Balaban J connectivity index is 1.78. The molecule has 21 heavy (non-hydrogen) atoms. The first-order chi connectivity index (χ1) is 10.2. The maximum atomic E-state index is 12.3. The van der Waals surface area contributed by atoms with Crippen LogP contribution in [0, 0.1) is 0 Å². The van der Waals surface area contributed by atoms with Gasteiger partial charge in [-0.1, -0.05) is 6.07 Å². The number of aliphatic carboxylic acids is 1. The maximum Gasteiger partial charge on any atom is 0.317 e. The van der Waals surface area contributed by atoms with Crippen molar-refractivity contribution in [1.82, 2.24) is 10.2 Å². The predicted octanol–water partition coefficient (Wildman–Crippen LogP) is 2.72. The molecule has 1 aliphatic heterocycles. The number of thiophene rings is 1. The number of hydrogen-bond acceptors (Lipinski definition) is 3. The number of piperidine rings is 1. The molecule has 0 aliphatic carbocycles. The summed E-state index contributed by atoms with van der Waals surface area (Å²) in [7, 11) is 0. The number of carbonyl (C=O) groups is 2. The van der Waals surface area contributed by atoms with E-state index < -0.39 is 5.97 Å². The highest BCUT2D eigenvalue weighted by Gasteiger charge is 2.26. The van der Waals surface area contributed by atoms with Crippen LogP contribution in [0.4, 0.5) is 4.79 Å². The average molecular weight is 310 g/mol. The summed E-state index contributed by atoms with van der Waals surface area (Å²) in [5.41, 5.74) is 0. The second kappa shape index (κ2) is 8.02. The van der Waals surface area contributed by atoms with Crippen molar-refractivity contribution in [3.05, 3.63) is 22.4 Å². The number of carbonyl (C=O) groups excluding carboxylic acids is 1. The third-order valence-electron chi connectivity index (χ3n) is 3.81. The van der Waals surface area contributed by atoms with Crippen LogP contribution in [0.1, 0.15) is 37.0 Å². The van der Waals surface area contributed by atoms with Crippen molar-refractivity contribution in [2.45, 2.75) is 44.6 Å². The Hall–Kier alpha value is -1.56. The van der Waals surface area contributed by atoms with Gasteiger partial charge in [0, 0.05) is 30.4 Å². The van der Waals surface area contributed by atoms with E-state index >= 15 is 0 Å². The molecule has 1 atom stereocenters. The first-order valence-corrected chi connectivity index (χ1v) is 8.33. The minimum absolute atomic E-state index is 0.0540. The molecule has 1 saturated heterocycles. The Bertz CT molecular complexity index is 461. The lowest BCUT2D eigenvalue weighted by molar-refractivity contribution is -0.137. The second-order valence-electron chi connectivity index (χ2n) is 5.34. The molecule has 2 rings (SSSR count). The number of likely N-dealkylation sites (tertiary alicyclic amines) is 1. The van der Waals surface area contributed by atoms with E-state index in [-0.39, 0.29) is 18.5 Å². The minimum Gasteiger partial charge on any atom is -0.481 e. The average Bonchev–Trinajstić information content (AvgIpc) is 2.98. The van der Waals surface area contributed by atoms with Crippen molar-refractivity contribution in [1.29, 1.82) is 0 Å². The van der Waals surface area contributed by atoms with Crippen LogP contribution >= 0.6 is 11.3 Å². The first kappa shape index (κ1) is 15.8. The van der Waals surface area contributed by atoms with Gasteiger partial charge in [-0.2, -0.15) is 0 Å². The molecule has 2 amide bonds. The third-order valence-corrected chi connectivity index (χ3v) is 4.74. The molecular formula is C15H22N2O3S.